The lowest BCUT2D eigenvalue weighted by molar-refractivity contribution is 0.122. The van der Waals surface area contributed by atoms with E-state index < -0.39 is 0 Å². The van der Waals surface area contributed by atoms with Crippen LogP contribution >= 0.6 is 0 Å². The zero-order chi connectivity index (χ0) is 22.2. The Balaban J connectivity index is 1.36. The number of nitrogens with one attached hydrogen (secondary N) is 1. The van der Waals surface area contributed by atoms with E-state index in [0.29, 0.717) is 19.2 Å². The fourth-order valence-electron chi connectivity index (χ4n) is 4.59. The second kappa shape index (κ2) is 8.22. The summed E-state index contributed by atoms with van der Waals surface area (Å²) in [6.07, 6.45) is 0.943. The van der Waals surface area contributed by atoms with E-state index in [0.717, 1.165) is 42.3 Å². The summed E-state index contributed by atoms with van der Waals surface area (Å²) < 4.78 is 5.50. The lowest BCUT2D eigenvalue weighted by Crippen LogP contribution is -2.37. The molecule has 0 radical (unpaired) electrons. The van der Waals surface area contributed by atoms with Gasteiger partial charge in [0.05, 0.1) is 18.9 Å². The lowest BCUT2D eigenvalue weighted by atomic mass is 10.1. The van der Waals surface area contributed by atoms with Crippen molar-refractivity contribution in [1.82, 2.24) is 9.97 Å². The second-order valence-corrected chi connectivity index (χ2v) is 8.42. The van der Waals surface area contributed by atoms with Crippen LogP contribution in [0.2, 0.25) is 0 Å². The number of phenolic OH excluding ortho intramolecular Hbond substituents is 1. The Morgan fingerprint density at radius 3 is 2.55 bits per heavy atom. The van der Waals surface area contributed by atoms with Crippen molar-refractivity contribution in [3.63, 3.8) is 0 Å². The molecule has 0 bridgehead atoms. The van der Waals surface area contributed by atoms with Gasteiger partial charge in [-0.05, 0) is 52.9 Å². The van der Waals surface area contributed by atoms with Crippen LogP contribution in [-0.4, -0.2) is 41.4 Å². The number of phenols is 1. The topological polar surface area (TPSA) is 70.5 Å². The van der Waals surface area contributed by atoms with Crippen LogP contribution < -0.4 is 10.2 Å². The first-order valence-corrected chi connectivity index (χ1v) is 11.2. The van der Waals surface area contributed by atoms with Crippen molar-refractivity contribution in [1.29, 1.82) is 0 Å². The largest absolute Gasteiger partial charge is 0.508 e. The highest BCUT2D eigenvalue weighted by Gasteiger charge is 2.19. The van der Waals surface area contributed by atoms with Crippen LogP contribution in [0.5, 0.6) is 5.75 Å². The highest BCUT2D eigenvalue weighted by molar-refractivity contribution is 5.79. The van der Waals surface area contributed by atoms with Gasteiger partial charge in [-0.1, -0.05) is 42.5 Å². The highest BCUT2D eigenvalue weighted by Crippen LogP contribution is 2.38. The number of hydrogen-bond acceptors (Lipinski definition) is 6. The minimum Gasteiger partial charge on any atom is -0.508 e. The number of hydrogen-bond donors (Lipinski definition) is 2. The molecule has 1 aliphatic heterocycles. The minimum absolute atomic E-state index is 0.215. The summed E-state index contributed by atoms with van der Waals surface area (Å²) in [5.41, 5.74) is 7.91. The van der Waals surface area contributed by atoms with Crippen LogP contribution in [0.15, 0.2) is 72.8 Å². The van der Waals surface area contributed by atoms with Gasteiger partial charge in [-0.3, -0.25) is 0 Å². The number of anilines is 3. The first-order chi connectivity index (χ1) is 16.2. The molecule has 1 saturated heterocycles. The summed E-state index contributed by atoms with van der Waals surface area (Å²) in [6.45, 7) is 2.82. The number of rotatable bonds is 4. The van der Waals surface area contributed by atoms with Gasteiger partial charge < -0.3 is 20.1 Å². The fourth-order valence-corrected chi connectivity index (χ4v) is 4.59. The molecule has 0 unspecified atom stereocenters. The first-order valence-electron chi connectivity index (χ1n) is 11.2. The molecule has 0 spiro atoms. The molecule has 33 heavy (non-hydrogen) atoms. The summed E-state index contributed by atoms with van der Waals surface area (Å²) in [6, 6.07) is 24.2. The Morgan fingerprint density at radius 1 is 0.818 bits per heavy atom. The molecule has 0 saturated carbocycles. The molecule has 0 amide bonds. The number of aromatic nitrogens is 2. The van der Waals surface area contributed by atoms with Crippen LogP contribution in [0.4, 0.5) is 17.5 Å². The number of morpholine rings is 1. The zero-order valence-corrected chi connectivity index (χ0v) is 18.2. The van der Waals surface area contributed by atoms with Crippen LogP contribution in [0.3, 0.4) is 0 Å². The Bertz CT molecular complexity index is 1330. The molecule has 1 aliphatic carbocycles. The van der Waals surface area contributed by atoms with Crippen LogP contribution in [0.1, 0.15) is 11.1 Å². The molecule has 3 aromatic carbocycles. The summed E-state index contributed by atoms with van der Waals surface area (Å²) in [4.78, 5) is 11.8. The number of nitrogens with zero attached hydrogens (tertiary/aromatic N) is 3. The number of fused-ring (bicyclic) bond motifs is 3. The summed E-state index contributed by atoms with van der Waals surface area (Å²) in [7, 11) is 0. The maximum atomic E-state index is 9.97. The lowest BCUT2D eigenvalue weighted by Gasteiger charge is -2.27. The summed E-state index contributed by atoms with van der Waals surface area (Å²) >= 11 is 0. The van der Waals surface area contributed by atoms with E-state index in [1.807, 2.05) is 18.2 Å². The average Bonchev–Trinajstić information content (AvgIpc) is 3.22. The van der Waals surface area contributed by atoms with E-state index in [9.17, 15) is 5.11 Å². The fraction of sp³-hybridized carbons (Fsp3) is 0.185. The smallest absolute Gasteiger partial charge is 0.228 e. The molecule has 164 valence electrons. The Labute approximate surface area is 192 Å². The van der Waals surface area contributed by atoms with Gasteiger partial charge in [-0.15, -0.1) is 0 Å². The van der Waals surface area contributed by atoms with Crippen molar-refractivity contribution < 1.29 is 9.84 Å². The van der Waals surface area contributed by atoms with E-state index in [1.54, 1.807) is 12.1 Å². The monoisotopic (exact) mass is 436 g/mol. The number of aromatic hydroxyl groups is 1. The van der Waals surface area contributed by atoms with Gasteiger partial charge in [0.25, 0.3) is 0 Å². The Morgan fingerprint density at radius 2 is 1.67 bits per heavy atom. The molecule has 1 aromatic heterocycles. The van der Waals surface area contributed by atoms with Crippen LogP contribution in [-0.2, 0) is 11.2 Å². The molecule has 6 heteroatoms. The first kappa shape index (κ1) is 19.8. The molecule has 6 rings (SSSR count). The van der Waals surface area contributed by atoms with E-state index in [-0.39, 0.29) is 5.75 Å². The van der Waals surface area contributed by atoms with Gasteiger partial charge in [0, 0.05) is 30.4 Å². The van der Waals surface area contributed by atoms with Gasteiger partial charge in [0.15, 0.2) is 0 Å². The van der Waals surface area contributed by atoms with Crippen molar-refractivity contribution in [2.45, 2.75) is 6.42 Å². The molecule has 2 heterocycles. The molecule has 1 fully saturated rings. The van der Waals surface area contributed by atoms with Crippen molar-refractivity contribution in [2.75, 3.05) is 36.5 Å². The Hall–Kier alpha value is -3.90. The maximum absolute atomic E-state index is 9.97. The zero-order valence-electron chi connectivity index (χ0n) is 18.2. The molecule has 2 N–H and O–H groups in total. The van der Waals surface area contributed by atoms with Crippen molar-refractivity contribution in [3.8, 4) is 28.1 Å². The second-order valence-electron chi connectivity index (χ2n) is 8.42. The quantitative estimate of drug-likeness (QED) is 0.413. The van der Waals surface area contributed by atoms with Crippen molar-refractivity contribution in [3.05, 3.63) is 83.9 Å². The number of benzene rings is 3. The average molecular weight is 437 g/mol. The normalized spacial score (nSPS) is 14.6. The van der Waals surface area contributed by atoms with E-state index in [2.05, 4.69) is 52.7 Å². The third-order valence-electron chi connectivity index (χ3n) is 6.22. The van der Waals surface area contributed by atoms with Crippen LogP contribution in [0, 0.1) is 0 Å². The molecular weight excluding hydrogens is 412 g/mol. The summed E-state index contributed by atoms with van der Waals surface area (Å²) in [5, 5.41) is 13.5. The van der Waals surface area contributed by atoms with E-state index >= 15 is 0 Å². The predicted molar refractivity (Wildman–Crippen MR) is 130 cm³/mol. The maximum Gasteiger partial charge on any atom is 0.228 e. The standard InChI is InChI=1S/C27H24N4O2/c32-22-6-3-5-19(16-22)25-17-26(30-27(29-25)31-10-12-33-13-11-31)28-21-8-9-24-20(15-21)14-18-4-1-2-7-23(18)24/h1-9,15-17,32H,10-14H2,(H,28,29,30). The van der Waals surface area contributed by atoms with E-state index in [4.69, 9.17) is 14.7 Å². The van der Waals surface area contributed by atoms with Gasteiger partial charge in [0.2, 0.25) is 5.95 Å². The van der Waals surface area contributed by atoms with Gasteiger partial charge >= 0.3 is 0 Å². The number of ether oxygens (including phenoxy) is 1. The van der Waals surface area contributed by atoms with Crippen molar-refractivity contribution >= 4 is 17.5 Å². The van der Waals surface area contributed by atoms with Crippen LogP contribution in [0.25, 0.3) is 22.4 Å². The van der Waals surface area contributed by atoms with Crippen molar-refractivity contribution in [2.24, 2.45) is 0 Å². The van der Waals surface area contributed by atoms with E-state index in [1.165, 1.54) is 22.3 Å². The van der Waals surface area contributed by atoms with Gasteiger partial charge in [-0.2, -0.15) is 4.98 Å². The molecule has 4 aromatic rings. The third kappa shape index (κ3) is 3.90. The van der Waals surface area contributed by atoms with Gasteiger partial charge in [0.1, 0.15) is 11.6 Å². The van der Waals surface area contributed by atoms with Gasteiger partial charge in [-0.25, -0.2) is 4.98 Å². The predicted octanol–water partition coefficient (Wildman–Crippen LogP) is 5.00. The highest BCUT2D eigenvalue weighted by atomic mass is 16.5. The summed E-state index contributed by atoms with van der Waals surface area (Å²) in [5.74, 6) is 1.60. The molecule has 6 nitrogen and oxygen atoms in total. The SMILES string of the molecule is Oc1cccc(-c2cc(Nc3ccc4c(c3)Cc3ccccc3-4)nc(N3CCOCC3)n2)c1. The minimum atomic E-state index is 0.215. The molecule has 2 aliphatic rings. The Kier molecular flexibility index (Phi) is 4.92. The third-order valence-corrected chi connectivity index (χ3v) is 6.22. The molecule has 0 atom stereocenters. The molecular formula is C27H24N4O2.